The van der Waals surface area contributed by atoms with Crippen LogP contribution in [0.5, 0.6) is 11.5 Å². The van der Waals surface area contributed by atoms with Crippen LogP contribution in [-0.2, 0) is 12.8 Å². The number of aromatic hydroxyl groups is 2. The van der Waals surface area contributed by atoms with E-state index in [4.69, 9.17) is 0 Å². The molecule has 0 saturated carbocycles. The van der Waals surface area contributed by atoms with Gasteiger partial charge in [0, 0.05) is 0 Å². The van der Waals surface area contributed by atoms with Gasteiger partial charge in [-0.2, -0.15) is 0 Å². The van der Waals surface area contributed by atoms with Gasteiger partial charge in [0.1, 0.15) is 11.5 Å². The minimum Gasteiger partial charge on any atom is -0.508 e. The molecule has 0 heterocycles. The van der Waals surface area contributed by atoms with Crippen molar-refractivity contribution in [2.45, 2.75) is 64.7 Å². The lowest BCUT2D eigenvalue weighted by molar-refractivity contribution is 0.466. The first-order valence-electron chi connectivity index (χ1n) is 9.83. The van der Waals surface area contributed by atoms with E-state index in [2.05, 4.69) is 13.5 Å². The number of rotatable bonds is 10. The Morgan fingerprint density at radius 2 is 1.23 bits per heavy atom. The second kappa shape index (κ2) is 14.0. The molecule has 2 heteroatoms. The van der Waals surface area contributed by atoms with Gasteiger partial charge in [0.15, 0.2) is 0 Å². The van der Waals surface area contributed by atoms with E-state index >= 15 is 0 Å². The van der Waals surface area contributed by atoms with Gasteiger partial charge in [-0.3, -0.25) is 0 Å². The van der Waals surface area contributed by atoms with Gasteiger partial charge in [0.2, 0.25) is 0 Å². The van der Waals surface area contributed by atoms with Crippen molar-refractivity contribution in [1.29, 1.82) is 0 Å². The first-order chi connectivity index (χ1) is 12.7. The molecule has 0 aliphatic heterocycles. The van der Waals surface area contributed by atoms with Crippen LogP contribution >= 0.6 is 0 Å². The van der Waals surface area contributed by atoms with Gasteiger partial charge < -0.3 is 10.2 Å². The van der Waals surface area contributed by atoms with Crippen molar-refractivity contribution in [1.82, 2.24) is 0 Å². The monoisotopic (exact) mass is 354 g/mol. The van der Waals surface area contributed by atoms with Gasteiger partial charge in [-0.05, 0) is 42.5 Å². The first kappa shape index (κ1) is 21.8. The smallest absolute Gasteiger partial charge is 0.119 e. The van der Waals surface area contributed by atoms with Crippen molar-refractivity contribution in [3.8, 4) is 11.5 Å². The van der Waals surface area contributed by atoms with E-state index in [1.807, 2.05) is 36.4 Å². The van der Waals surface area contributed by atoms with E-state index in [-0.39, 0.29) is 0 Å². The van der Waals surface area contributed by atoms with Crippen molar-refractivity contribution in [3.05, 3.63) is 72.3 Å². The summed E-state index contributed by atoms with van der Waals surface area (Å²) in [5.74, 6) is 0.802. The summed E-state index contributed by atoms with van der Waals surface area (Å²) in [5.41, 5.74) is 2.02. The maximum absolute atomic E-state index is 9.58. The predicted octanol–water partition coefficient (Wildman–Crippen LogP) is 6.81. The molecule has 2 rings (SSSR count). The minimum atomic E-state index is 0.349. The molecule has 2 aromatic rings. The van der Waals surface area contributed by atoms with Crippen LogP contribution in [0, 0.1) is 0 Å². The number of para-hydroxylation sites is 2. The second-order valence-corrected chi connectivity index (χ2v) is 6.62. The highest BCUT2D eigenvalue weighted by atomic mass is 16.3. The Kier molecular flexibility index (Phi) is 11.8. The molecule has 0 radical (unpaired) electrons. The lowest BCUT2D eigenvalue weighted by atomic mass is 10.0. The van der Waals surface area contributed by atoms with Crippen LogP contribution in [0.15, 0.2) is 61.2 Å². The summed E-state index contributed by atoms with van der Waals surface area (Å²) in [7, 11) is 0. The van der Waals surface area contributed by atoms with Gasteiger partial charge in [0.05, 0.1) is 0 Å². The van der Waals surface area contributed by atoms with Crippen molar-refractivity contribution >= 4 is 0 Å². The normalized spacial score (nSPS) is 10.0. The van der Waals surface area contributed by atoms with Crippen LogP contribution in [0.2, 0.25) is 0 Å². The molecule has 26 heavy (non-hydrogen) atoms. The second-order valence-electron chi connectivity index (χ2n) is 6.62. The van der Waals surface area contributed by atoms with Crippen LogP contribution in [0.1, 0.15) is 63.0 Å². The van der Waals surface area contributed by atoms with E-state index in [1.54, 1.807) is 18.2 Å². The molecule has 142 valence electrons. The molecule has 2 nitrogen and oxygen atoms in total. The molecule has 0 aliphatic carbocycles. The first-order valence-corrected chi connectivity index (χ1v) is 9.83. The largest absolute Gasteiger partial charge is 0.508 e. The highest BCUT2D eigenvalue weighted by Crippen LogP contribution is 2.19. The van der Waals surface area contributed by atoms with Crippen LogP contribution in [-0.4, -0.2) is 10.2 Å². The average molecular weight is 355 g/mol. The van der Waals surface area contributed by atoms with Crippen LogP contribution in [0.4, 0.5) is 0 Å². The molecule has 0 amide bonds. The topological polar surface area (TPSA) is 40.5 Å². The van der Waals surface area contributed by atoms with Crippen LogP contribution in [0.25, 0.3) is 0 Å². The lowest BCUT2D eigenvalue weighted by Crippen LogP contribution is -1.87. The molecule has 0 fully saturated rings. The maximum Gasteiger partial charge on any atom is 0.119 e. The zero-order chi connectivity index (χ0) is 19.0. The van der Waals surface area contributed by atoms with Gasteiger partial charge >= 0.3 is 0 Å². The van der Waals surface area contributed by atoms with E-state index in [0.717, 1.165) is 24.0 Å². The molecular formula is C24H34O2. The molecule has 2 N–H and O–H groups in total. The molecular weight excluding hydrogens is 320 g/mol. The van der Waals surface area contributed by atoms with E-state index in [1.165, 1.54) is 44.9 Å². The molecule has 0 atom stereocenters. The van der Waals surface area contributed by atoms with Crippen molar-refractivity contribution in [3.63, 3.8) is 0 Å². The van der Waals surface area contributed by atoms with Gasteiger partial charge in [0.25, 0.3) is 0 Å². The fourth-order valence-electron chi connectivity index (χ4n) is 2.83. The van der Waals surface area contributed by atoms with Crippen LogP contribution in [0.3, 0.4) is 0 Å². The average Bonchev–Trinajstić information content (AvgIpc) is 2.65. The third-order valence-corrected chi connectivity index (χ3v) is 4.40. The zero-order valence-corrected chi connectivity index (χ0v) is 16.2. The summed E-state index contributed by atoms with van der Waals surface area (Å²) in [6, 6.07) is 14.9. The highest BCUT2D eigenvalue weighted by molar-refractivity contribution is 5.33. The Balaban J connectivity index is 0.000000289. The summed E-state index contributed by atoms with van der Waals surface area (Å²) < 4.78 is 0. The molecule has 0 saturated heterocycles. The number of benzene rings is 2. The van der Waals surface area contributed by atoms with E-state index < -0.39 is 0 Å². The van der Waals surface area contributed by atoms with Gasteiger partial charge in [-0.25, -0.2) is 0 Å². The number of unbranched alkanes of at least 4 members (excludes halogenated alkanes) is 6. The quantitative estimate of drug-likeness (QED) is 0.363. The fraction of sp³-hybridized carbons (Fsp3) is 0.417. The summed E-state index contributed by atoms with van der Waals surface area (Å²) >= 11 is 0. The number of allylic oxidation sites excluding steroid dienone is 1. The Labute approximate surface area is 159 Å². The Hall–Kier alpha value is -2.22. The summed E-state index contributed by atoms with van der Waals surface area (Å²) in [4.78, 5) is 0. The molecule has 0 bridgehead atoms. The maximum atomic E-state index is 9.58. The highest BCUT2D eigenvalue weighted by Gasteiger charge is 1.99. The predicted molar refractivity (Wildman–Crippen MR) is 112 cm³/mol. The number of phenolic OH excluding ortho intramolecular Hbond substituents is 2. The Bertz CT molecular complexity index is 619. The van der Waals surface area contributed by atoms with Gasteiger partial charge in [-0.1, -0.05) is 87.9 Å². The number of aryl methyl sites for hydroxylation is 1. The molecule has 0 aromatic heterocycles. The van der Waals surface area contributed by atoms with Crippen LogP contribution < -0.4 is 0 Å². The molecule has 0 aliphatic rings. The van der Waals surface area contributed by atoms with E-state index in [9.17, 15) is 10.2 Å². The Morgan fingerprint density at radius 1 is 0.731 bits per heavy atom. The summed E-state index contributed by atoms with van der Waals surface area (Å²) in [6.45, 7) is 5.83. The fourth-order valence-corrected chi connectivity index (χ4v) is 2.83. The molecule has 0 unspecified atom stereocenters. The molecule has 2 aromatic carbocycles. The number of phenols is 2. The lowest BCUT2D eigenvalue weighted by Gasteiger charge is -2.04. The summed E-state index contributed by atoms with van der Waals surface area (Å²) in [6.07, 6.45) is 12.8. The third kappa shape index (κ3) is 9.31. The van der Waals surface area contributed by atoms with Crippen molar-refractivity contribution in [2.24, 2.45) is 0 Å². The van der Waals surface area contributed by atoms with Crippen molar-refractivity contribution < 1.29 is 10.2 Å². The zero-order valence-electron chi connectivity index (χ0n) is 16.2. The summed E-state index contributed by atoms with van der Waals surface area (Å²) in [5, 5.41) is 18.8. The van der Waals surface area contributed by atoms with Crippen molar-refractivity contribution in [2.75, 3.05) is 0 Å². The minimum absolute atomic E-state index is 0.349. The third-order valence-electron chi connectivity index (χ3n) is 4.40. The standard InChI is InChI=1S/C15H24O.C9H10O/c1-2-3-4-5-6-7-8-11-14-12-9-10-13-15(14)16;1-2-5-8-6-3-4-7-9(8)10/h9-10,12-13,16H,2-8,11H2,1H3;2-4,6-7,10H,1,5H2. The SMILES string of the molecule is C=CCc1ccccc1O.CCCCCCCCCc1ccccc1O. The number of hydrogen-bond donors (Lipinski definition) is 2. The van der Waals surface area contributed by atoms with E-state index in [0.29, 0.717) is 11.5 Å². The number of hydrogen-bond acceptors (Lipinski definition) is 2. The Morgan fingerprint density at radius 3 is 1.77 bits per heavy atom. The molecule has 0 spiro atoms. The van der Waals surface area contributed by atoms with Gasteiger partial charge in [-0.15, -0.1) is 6.58 Å².